The minimum Gasteiger partial charge on any atom is -0.376 e. The van der Waals surface area contributed by atoms with Crippen LogP contribution in [-0.4, -0.2) is 28.0 Å². The van der Waals surface area contributed by atoms with Gasteiger partial charge in [0, 0.05) is 17.0 Å². The zero-order valence-electron chi connectivity index (χ0n) is 18.8. The number of aromatic amines is 1. The highest BCUT2D eigenvalue weighted by Crippen LogP contribution is 2.45. The van der Waals surface area contributed by atoms with E-state index in [9.17, 15) is 9.59 Å². The summed E-state index contributed by atoms with van der Waals surface area (Å²) in [5.74, 6) is 0.239. The van der Waals surface area contributed by atoms with Crippen LogP contribution in [0.2, 0.25) is 0 Å². The molecule has 0 bridgehead atoms. The van der Waals surface area contributed by atoms with Crippen LogP contribution in [0.25, 0.3) is 0 Å². The maximum atomic E-state index is 12.5. The van der Waals surface area contributed by atoms with E-state index in [1.54, 1.807) is 22.5 Å². The van der Waals surface area contributed by atoms with Crippen LogP contribution in [0.4, 0.5) is 0 Å². The molecule has 0 saturated carbocycles. The molecule has 1 N–H and O–H groups in total. The van der Waals surface area contributed by atoms with Gasteiger partial charge in [0.1, 0.15) is 0 Å². The minimum absolute atomic E-state index is 0.0599. The highest BCUT2D eigenvalue weighted by molar-refractivity contribution is 8.00. The number of nitrogens with zero attached hydrogens (tertiary/aromatic N) is 1. The lowest BCUT2D eigenvalue weighted by molar-refractivity contribution is 0.0622. The number of nitrogens with one attached hydrogen (secondary N) is 1. The molecule has 33 heavy (non-hydrogen) atoms. The smallest absolute Gasteiger partial charge is 0.329 e. The molecule has 0 aliphatic carbocycles. The molecule has 6 nitrogen and oxygen atoms in total. The van der Waals surface area contributed by atoms with Crippen LogP contribution >= 0.6 is 11.8 Å². The highest BCUT2D eigenvalue weighted by atomic mass is 32.2. The molecule has 3 aromatic rings. The van der Waals surface area contributed by atoms with E-state index < -0.39 is 0 Å². The predicted molar refractivity (Wildman–Crippen MR) is 131 cm³/mol. The summed E-state index contributed by atoms with van der Waals surface area (Å²) in [5.41, 5.74) is 2.24. The summed E-state index contributed by atoms with van der Waals surface area (Å²) in [5, 5.41) is 0.133. The third kappa shape index (κ3) is 6.25. The summed E-state index contributed by atoms with van der Waals surface area (Å²) in [6.07, 6.45) is 3.09. The third-order valence-corrected chi connectivity index (χ3v) is 7.54. The highest BCUT2D eigenvalue weighted by Gasteiger charge is 2.37. The van der Waals surface area contributed by atoms with E-state index in [4.69, 9.17) is 9.47 Å². The lowest BCUT2D eigenvalue weighted by Crippen LogP contribution is -2.32. The molecule has 2 heterocycles. The number of H-pyrrole nitrogens is 1. The molecule has 0 spiro atoms. The molecule has 174 valence electrons. The molecular weight excluding hydrogens is 436 g/mol. The first-order valence-corrected chi connectivity index (χ1v) is 12.3. The van der Waals surface area contributed by atoms with Crippen molar-refractivity contribution < 1.29 is 9.47 Å². The van der Waals surface area contributed by atoms with Gasteiger partial charge in [-0.25, -0.2) is 4.79 Å². The summed E-state index contributed by atoms with van der Waals surface area (Å²) in [4.78, 5) is 27.0. The Kier molecular flexibility index (Phi) is 8.20. The average molecular weight is 467 g/mol. The Labute approximate surface area is 198 Å². The first-order chi connectivity index (χ1) is 16.1. The van der Waals surface area contributed by atoms with Gasteiger partial charge in [-0.15, -0.1) is 11.8 Å². The van der Waals surface area contributed by atoms with Crippen molar-refractivity contribution in [2.24, 2.45) is 5.92 Å². The van der Waals surface area contributed by atoms with Gasteiger partial charge in [0.15, 0.2) is 0 Å². The fraction of sp³-hybridized carbons (Fsp3) is 0.385. The van der Waals surface area contributed by atoms with E-state index in [2.05, 4.69) is 29.2 Å². The number of thioether (sulfide) groups is 1. The van der Waals surface area contributed by atoms with Crippen molar-refractivity contribution in [3.63, 3.8) is 0 Å². The Hall–Kier alpha value is -2.61. The average Bonchev–Trinajstić information content (AvgIpc) is 3.23. The number of benzene rings is 2. The minimum atomic E-state index is -0.357. The second kappa shape index (κ2) is 11.5. The lowest BCUT2D eigenvalue weighted by atomic mass is 10.0. The lowest BCUT2D eigenvalue weighted by Gasteiger charge is -2.18. The molecular formula is C26H30N2O4S. The Morgan fingerprint density at radius 3 is 2.15 bits per heavy atom. The van der Waals surface area contributed by atoms with Crippen molar-refractivity contribution in [1.29, 1.82) is 0 Å². The van der Waals surface area contributed by atoms with E-state index in [0.717, 1.165) is 17.5 Å². The van der Waals surface area contributed by atoms with Crippen LogP contribution in [0, 0.1) is 5.92 Å². The summed E-state index contributed by atoms with van der Waals surface area (Å²) in [7, 11) is 0. The molecule has 1 fully saturated rings. The molecule has 1 saturated heterocycles. The van der Waals surface area contributed by atoms with Crippen molar-refractivity contribution >= 4 is 11.8 Å². The molecule has 4 rings (SSSR count). The third-order valence-electron chi connectivity index (χ3n) is 5.93. The molecule has 0 unspecified atom stereocenters. The maximum Gasteiger partial charge on any atom is 0.329 e. The van der Waals surface area contributed by atoms with E-state index >= 15 is 0 Å². The predicted octanol–water partition coefficient (Wildman–Crippen LogP) is 4.15. The summed E-state index contributed by atoms with van der Waals surface area (Å²) < 4.78 is 13.8. The van der Waals surface area contributed by atoms with Gasteiger partial charge in [0.2, 0.25) is 0 Å². The van der Waals surface area contributed by atoms with E-state index in [-0.39, 0.29) is 27.8 Å². The Bertz CT molecular complexity index is 1080. The summed E-state index contributed by atoms with van der Waals surface area (Å²) in [6.45, 7) is 4.20. The Balaban J connectivity index is 1.44. The van der Waals surface area contributed by atoms with Gasteiger partial charge in [-0.3, -0.25) is 14.3 Å². The molecule has 1 aliphatic heterocycles. The quantitative estimate of drug-likeness (QED) is 0.486. The van der Waals surface area contributed by atoms with Gasteiger partial charge >= 0.3 is 5.69 Å². The van der Waals surface area contributed by atoms with Crippen molar-refractivity contribution in [1.82, 2.24) is 9.55 Å². The fourth-order valence-corrected chi connectivity index (χ4v) is 5.71. The molecule has 0 amide bonds. The first-order valence-electron chi connectivity index (χ1n) is 11.4. The van der Waals surface area contributed by atoms with Crippen LogP contribution in [0.3, 0.4) is 0 Å². The monoisotopic (exact) mass is 466 g/mol. The van der Waals surface area contributed by atoms with Crippen LogP contribution in [-0.2, 0) is 29.1 Å². The van der Waals surface area contributed by atoms with Crippen LogP contribution in [0.5, 0.6) is 0 Å². The Morgan fingerprint density at radius 1 is 0.939 bits per heavy atom. The first kappa shape index (κ1) is 23.5. The van der Waals surface area contributed by atoms with E-state index in [1.807, 2.05) is 43.3 Å². The van der Waals surface area contributed by atoms with Gasteiger partial charge in [-0.1, -0.05) is 67.6 Å². The van der Waals surface area contributed by atoms with Crippen molar-refractivity contribution in [3.8, 4) is 0 Å². The molecule has 1 aliphatic rings. The second-order valence-corrected chi connectivity index (χ2v) is 9.72. The van der Waals surface area contributed by atoms with E-state index in [1.165, 1.54) is 0 Å². The van der Waals surface area contributed by atoms with Crippen LogP contribution in [0.15, 0.2) is 76.4 Å². The normalized spacial score (nSPS) is 20.2. The van der Waals surface area contributed by atoms with Crippen molar-refractivity contribution in [2.45, 2.75) is 43.6 Å². The Morgan fingerprint density at radius 2 is 1.55 bits per heavy atom. The number of hydrogen-bond acceptors (Lipinski definition) is 5. The molecule has 1 aromatic heterocycles. The molecule has 7 heteroatoms. The summed E-state index contributed by atoms with van der Waals surface area (Å²) >= 11 is 1.73. The van der Waals surface area contributed by atoms with Crippen LogP contribution < -0.4 is 11.2 Å². The maximum absolute atomic E-state index is 12.5. The van der Waals surface area contributed by atoms with Gasteiger partial charge < -0.3 is 9.47 Å². The topological polar surface area (TPSA) is 73.3 Å². The molecule has 0 radical (unpaired) electrons. The number of ether oxygens (including phenoxy) is 2. The van der Waals surface area contributed by atoms with Gasteiger partial charge in [-0.05, 0) is 29.9 Å². The largest absolute Gasteiger partial charge is 0.376 e. The van der Waals surface area contributed by atoms with E-state index in [0.29, 0.717) is 38.4 Å². The molecule has 2 aromatic carbocycles. The molecule has 3 atom stereocenters. The SMILES string of the molecule is CCc1cn([C@H]2C[C@H](COCc3ccccc3)[C@@H](COCc3ccccc3)S2)c(=O)[nH]c1=O. The standard InChI is InChI=1S/C26H30N2O4S/c1-2-21-14-28(26(30)27-25(21)29)24-13-22(17-31-15-19-9-5-3-6-10-19)23(33-24)18-32-16-20-11-7-4-8-12-20/h3-12,14,22-24H,2,13,15-18H2,1H3,(H,27,29,30)/t22-,23-,24-/m1/s1. The second-order valence-electron chi connectivity index (χ2n) is 8.30. The van der Waals surface area contributed by atoms with Gasteiger partial charge in [0.25, 0.3) is 5.56 Å². The van der Waals surface area contributed by atoms with Gasteiger partial charge in [-0.2, -0.15) is 0 Å². The number of rotatable bonds is 10. The number of aromatic nitrogens is 2. The fourth-order valence-electron chi connectivity index (χ4n) is 4.07. The van der Waals surface area contributed by atoms with Crippen molar-refractivity contribution in [3.05, 3.63) is 104 Å². The van der Waals surface area contributed by atoms with Crippen molar-refractivity contribution in [2.75, 3.05) is 13.2 Å². The van der Waals surface area contributed by atoms with Gasteiger partial charge in [0.05, 0.1) is 31.8 Å². The number of aryl methyl sites for hydroxylation is 1. The van der Waals surface area contributed by atoms with Crippen LogP contribution in [0.1, 0.15) is 35.4 Å². The zero-order chi connectivity index (χ0) is 23.0. The summed E-state index contributed by atoms with van der Waals surface area (Å²) in [6, 6.07) is 20.2. The number of hydrogen-bond donors (Lipinski definition) is 1. The zero-order valence-corrected chi connectivity index (χ0v) is 19.6.